The maximum absolute atomic E-state index is 11.8. The third-order valence-corrected chi connectivity index (χ3v) is 4.50. The number of hydrogen-bond acceptors (Lipinski definition) is 5. The number of ether oxygens (including phenoxy) is 1. The molecule has 2 N–H and O–H groups in total. The largest absolute Gasteiger partial charge is 0.466 e. The summed E-state index contributed by atoms with van der Waals surface area (Å²) in [6, 6.07) is 6.40. The summed E-state index contributed by atoms with van der Waals surface area (Å²) in [7, 11) is -3.67. The van der Waals surface area contributed by atoms with E-state index >= 15 is 0 Å². The van der Waals surface area contributed by atoms with Crippen LogP contribution < -0.4 is 10.0 Å². The fraction of sp³-hybridized carbons (Fsp3) is 0.500. The van der Waals surface area contributed by atoms with Crippen LogP contribution in [0.25, 0.3) is 0 Å². The Balaban J connectivity index is 2.09. The number of piperidine rings is 1. The van der Waals surface area contributed by atoms with Gasteiger partial charge in [0.05, 0.1) is 17.4 Å². The van der Waals surface area contributed by atoms with Crippen LogP contribution >= 0.6 is 0 Å². The van der Waals surface area contributed by atoms with Gasteiger partial charge in [-0.25, -0.2) is 13.6 Å². The molecule has 0 bridgehead atoms. The Morgan fingerprint density at radius 3 is 2.62 bits per heavy atom. The summed E-state index contributed by atoms with van der Waals surface area (Å²) in [5.41, 5.74) is 0.886. The second-order valence-corrected chi connectivity index (χ2v) is 6.64. The number of anilines is 1. The average Bonchev–Trinajstić information content (AvgIpc) is 2.47. The first-order chi connectivity index (χ1) is 9.91. The number of benzene rings is 1. The smallest absolute Gasteiger partial charge is 0.310 e. The molecule has 2 rings (SSSR count). The predicted molar refractivity (Wildman–Crippen MR) is 79.4 cm³/mol. The van der Waals surface area contributed by atoms with Crippen LogP contribution in [-0.2, 0) is 19.6 Å². The van der Waals surface area contributed by atoms with Gasteiger partial charge in [0.25, 0.3) is 0 Å². The first-order valence-corrected chi connectivity index (χ1v) is 8.51. The number of hydrogen-bond donors (Lipinski definition) is 1. The minimum absolute atomic E-state index is 0.0882. The van der Waals surface area contributed by atoms with Gasteiger partial charge >= 0.3 is 5.97 Å². The Kier molecular flexibility index (Phi) is 4.84. The summed E-state index contributed by atoms with van der Waals surface area (Å²) < 4.78 is 27.5. The molecule has 0 radical (unpaired) electrons. The summed E-state index contributed by atoms with van der Waals surface area (Å²) in [4.78, 5) is 14.0. The molecule has 1 atom stereocenters. The van der Waals surface area contributed by atoms with Gasteiger partial charge in [0.2, 0.25) is 10.0 Å². The summed E-state index contributed by atoms with van der Waals surface area (Å²) >= 11 is 0. The molecule has 1 aromatic rings. The van der Waals surface area contributed by atoms with Crippen molar-refractivity contribution in [1.82, 2.24) is 0 Å². The highest BCUT2D eigenvalue weighted by Gasteiger charge is 2.27. The molecule has 116 valence electrons. The van der Waals surface area contributed by atoms with Gasteiger partial charge in [0.15, 0.2) is 0 Å². The highest BCUT2D eigenvalue weighted by Crippen LogP contribution is 2.25. The number of esters is 1. The first-order valence-electron chi connectivity index (χ1n) is 6.96. The van der Waals surface area contributed by atoms with Crippen molar-refractivity contribution in [3.05, 3.63) is 24.3 Å². The van der Waals surface area contributed by atoms with Gasteiger partial charge < -0.3 is 9.64 Å². The lowest BCUT2D eigenvalue weighted by atomic mass is 9.97. The minimum Gasteiger partial charge on any atom is -0.466 e. The molecule has 0 spiro atoms. The maximum atomic E-state index is 11.8. The zero-order valence-electron chi connectivity index (χ0n) is 12.0. The van der Waals surface area contributed by atoms with E-state index in [0.29, 0.717) is 13.2 Å². The second-order valence-electron chi connectivity index (χ2n) is 5.08. The number of carbonyl (C=O) groups is 1. The standard InChI is InChI=1S/C14H20N2O4S/c1-2-20-14(17)11-4-3-9-16(10-11)12-5-7-13(8-6-12)21(15,18)19/h5-8,11H,2-4,9-10H2,1H3,(H2,15,18,19). The molecule has 0 amide bonds. The van der Waals surface area contributed by atoms with E-state index in [2.05, 4.69) is 4.90 Å². The van der Waals surface area contributed by atoms with Crippen molar-refractivity contribution < 1.29 is 17.9 Å². The minimum atomic E-state index is -3.67. The Bertz CT molecular complexity index is 598. The van der Waals surface area contributed by atoms with E-state index in [1.165, 1.54) is 12.1 Å². The lowest BCUT2D eigenvalue weighted by molar-refractivity contribution is -0.148. The number of rotatable bonds is 4. The molecular formula is C14H20N2O4S. The Hall–Kier alpha value is -1.60. The number of nitrogens with zero attached hydrogens (tertiary/aromatic N) is 1. The SMILES string of the molecule is CCOC(=O)C1CCCN(c2ccc(S(N)(=O)=O)cc2)C1. The van der Waals surface area contributed by atoms with Crippen molar-refractivity contribution in [1.29, 1.82) is 0 Å². The molecule has 1 saturated heterocycles. The highest BCUT2D eigenvalue weighted by atomic mass is 32.2. The third-order valence-electron chi connectivity index (χ3n) is 3.57. The molecule has 7 heteroatoms. The number of carbonyl (C=O) groups excluding carboxylic acids is 1. The molecule has 1 aliphatic rings. The summed E-state index contributed by atoms with van der Waals surface area (Å²) in [6.07, 6.45) is 1.73. The van der Waals surface area contributed by atoms with Crippen molar-refractivity contribution in [3.8, 4) is 0 Å². The van der Waals surface area contributed by atoms with Gasteiger partial charge in [0, 0.05) is 18.8 Å². The van der Waals surface area contributed by atoms with Crippen LogP contribution in [-0.4, -0.2) is 34.1 Å². The lowest BCUT2D eigenvalue weighted by Crippen LogP contribution is -2.39. The van der Waals surface area contributed by atoms with Gasteiger partial charge in [-0.15, -0.1) is 0 Å². The van der Waals surface area contributed by atoms with E-state index in [9.17, 15) is 13.2 Å². The Morgan fingerprint density at radius 2 is 2.05 bits per heavy atom. The number of nitrogens with two attached hydrogens (primary N) is 1. The van der Waals surface area contributed by atoms with E-state index in [0.717, 1.165) is 25.1 Å². The third kappa shape index (κ3) is 3.95. The van der Waals surface area contributed by atoms with E-state index in [1.54, 1.807) is 19.1 Å². The Morgan fingerprint density at radius 1 is 1.38 bits per heavy atom. The van der Waals surface area contributed by atoms with E-state index in [4.69, 9.17) is 9.88 Å². The van der Waals surface area contributed by atoms with E-state index in [1.807, 2.05) is 0 Å². The average molecular weight is 312 g/mol. The van der Waals surface area contributed by atoms with Crippen LogP contribution in [0, 0.1) is 5.92 Å². The maximum Gasteiger partial charge on any atom is 0.310 e. The Labute approximate surface area is 124 Å². The van der Waals surface area contributed by atoms with Crippen LogP contribution in [0.15, 0.2) is 29.2 Å². The van der Waals surface area contributed by atoms with E-state index in [-0.39, 0.29) is 16.8 Å². The molecule has 6 nitrogen and oxygen atoms in total. The van der Waals surface area contributed by atoms with Crippen LogP contribution in [0.2, 0.25) is 0 Å². The normalized spacial score (nSPS) is 19.3. The summed E-state index contributed by atoms with van der Waals surface area (Å²) in [6.45, 7) is 3.61. The molecule has 0 aromatic heterocycles. The molecule has 0 aliphatic carbocycles. The van der Waals surface area contributed by atoms with Gasteiger partial charge in [-0.2, -0.15) is 0 Å². The molecule has 1 aromatic carbocycles. The molecule has 0 saturated carbocycles. The molecule has 1 fully saturated rings. The monoisotopic (exact) mass is 312 g/mol. The van der Waals surface area contributed by atoms with Crippen LogP contribution in [0.5, 0.6) is 0 Å². The van der Waals surface area contributed by atoms with Crippen molar-refractivity contribution in [2.24, 2.45) is 11.1 Å². The molecular weight excluding hydrogens is 292 g/mol. The number of sulfonamides is 1. The zero-order valence-corrected chi connectivity index (χ0v) is 12.8. The fourth-order valence-electron chi connectivity index (χ4n) is 2.51. The van der Waals surface area contributed by atoms with Gasteiger partial charge in [-0.3, -0.25) is 4.79 Å². The summed E-state index contributed by atoms with van der Waals surface area (Å²) in [5.74, 6) is -0.292. The van der Waals surface area contributed by atoms with Crippen molar-refractivity contribution >= 4 is 21.7 Å². The molecule has 1 aliphatic heterocycles. The first kappa shape index (κ1) is 15.8. The van der Waals surface area contributed by atoms with Gasteiger partial charge in [-0.05, 0) is 44.0 Å². The number of primary sulfonamides is 1. The zero-order chi connectivity index (χ0) is 15.5. The molecule has 1 heterocycles. The van der Waals surface area contributed by atoms with Crippen LogP contribution in [0.4, 0.5) is 5.69 Å². The quantitative estimate of drug-likeness (QED) is 0.841. The highest BCUT2D eigenvalue weighted by molar-refractivity contribution is 7.89. The van der Waals surface area contributed by atoms with Crippen molar-refractivity contribution in [2.75, 3.05) is 24.6 Å². The lowest BCUT2D eigenvalue weighted by Gasteiger charge is -2.33. The molecule has 1 unspecified atom stereocenters. The van der Waals surface area contributed by atoms with Gasteiger partial charge in [-0.1, -0.05) is 0 Å². The summed E-state index contributed by atoms with van der Waals surface area (Å²) in [5, 5.41) is 5.08. The van der Waals surface area contributed by atoms with Gasteiger partial charge in [0.1, 0.15) is 0 Å². The fourth-order valence-corrected chi connectivity index (χ4v) is 3.03. The molecule has 21 heavy (non-hydrogen) atoms. The van der Waals surface area contributed by atoms with Crippen molar-refractivity contribution in [2.45, 2.75) is 24.7 Å². The van der Waals surface area contributed by atoms with Crippen LogP contribution in [0.3, 0.4) is 0 Å². The van der Waals surface area contributed by atoms with Crippen LogP contribution in [0.1, 0.15) is 19.8 Å². The topological polar surface area (TPSA) is 89.7 Å². The van der Waals surface area contributed by atoms with Crippen molar-refractivity contribution in [3.63, 3.8) is 0 Å². The van der Waals surface area contributed by atoms with E-state index < -0.39 is 10.0 Å². The predicted octanol–water partition coefficient (Wildman–Crippen LogP) is 1.11. The second kappa shape index (κ2) is 6.44.